The van der Waals surface area contributed by atoms with E-state index in [0.29, 0.717) is 12.1 Å². The van der Waals surface area contributed by atoms with Gasteiger partial charge in [-0.15, -0.1) is 11.3 Å². The van der Waals surface area contributed by atoms with Gasteiger partial charge < -0.3 is 5.32 Å². The molecule has 1 N–H and O–H groups in total. The monoisotopic (exact) mass is 315 g/mol. The van der Waals surface area contributed by atoms with Gasteiger partial charge in [0.2, 0.25) is 0 Å². The van der Waals surface area contributed by atoms with Gasteiger partial charge in [-0.2, -0.15) is 0 Å². The Morgan fingerprint density at radius 1 is 1.25 bits per heavy atom. The first-order valence-electron chi connectivity index (χ1n) is 6.52. The lowest BCUT2D eigenvalue weighted by Crippen LogP contribution is -2.22. The fourth-order valence-electron chi connectivity index (χ4n) is 2.20. The smallest absolute Gasteiger partial charge is 0.160 e. The van der Waals surface area contributed by atoms with Crippen LogP contribution in [0.2, 0.25) is 5.02 Å². The number of hydrogen-bond acceptors (Lipinski definition) is 2. The molecule has 0 saturated carbocycles. The second-order valence-electron chi connectivity index (χ2n) is 4.44. The van der Waals surface area contributed by atoms with Crippen LogP contribution >= 0.6 is 22.9 Å². The predicted molar refractivity (Wildman–Crippen MR) is 80.6 cm³/mol. The highest BCUT2D eigenvalue weighted by molar-refractivity contribution is 7.10. The maximum atomic E-state index is 13.5. The molecule has 0 saturated heterocycles. The van der Waals surface area contributed by atoms with Gasteiger partial charge in [0.15, 0.2) is 11.6 Å². The highest BCUT2D eigenvalue weighted by atomic mass is 35.5. The van der Waals surface area contributed by atoms with Crippen LogP contribution in [-0.2, 0) is 6.42 Å². The zero-order valence-electron chi connectivity index (χ0n) is 11.3. The molecule has 1 heterocycles. The lowest BCUT2D eigenvalue weighted by Gasteiger charge is -2.20. The van der Waals surface area contributed by atoms with E-state index in [2.05, 4.69) is 18.3 Å². The molecule has 0 aliphatic heterocycles. The molecule has 0 spiro atoms. The Morgan fingerprint density at radius 2 is 1.95 bits per heavy atom. The van der Waals surface area contributed by atoms with E-state index in [1.54, 1.807) is 11.3 Å². The maximum Gasteiger partial charge on any atom is 0.160 e. The topological polar surface area (TPSA) is 12.0 Å². The standard InChI is InChI=1S/C15H16ClF2NS/c1-3-9-5-6-20-15(9)14(19-4-2)10-7-12(17)13(18)8-11(10)16/h5-8,14,19H,3-4H2,1-2H3. The fourth-order valence-corrected chi connectivity index (χ4v) is 3.55. The summed E-state index contributed by atoms with van der Waals surface area (Å²) < 4.78 is 26.7. The highest BCUT2D eigenvalue weighted by Crippen LogP contribution is 2.34. The summed E-state index contributed by atoms with van der Waals surface area (Å²) >= 11 is 7.70. The Morgan fingerprint density at radius 3 is 2.60 bits per heavy atom. The summed E-state index contributed by atoms with van der Waals surface area (Å²) in [7, 11) is 0. The van der Waals surface area contributed by atoms with Crippen molar-refractivity contribution in [2.75, 3.05) is 6.54 Å². The number of aryl methyl sites for hydroxylation is 1. The highest BCUT2D eigenvalue weighted by Gasteiger charge is 2.21. The summed E-state index contributed by atoms with van der Waals surface area (Å²) in [6.45, 7) is 4.75. The molecule has 1 aromatic heterocycles. The van der Waals surface area contributed by atoms with E-state index < -0.39 is 11.6 Å². The molecule has 2 rings (SSSR count). The Labute approximate surface area is 126 Å². The van der Waals surface area contributed by atoms with Crippen LogP contribution in [0.4, 0.5) is 8.78 Å². The SMILES string of the molecule is CCNC(c1cc(F)c(F)cc1Cl)c1sccc1CC. The maximum absolute atomic E-state index is 13.5. The Balaban J connectivity index is 2.51. The van der Waals surface area contributed by atoms with Crippen LogP contribution in [0.15, 0.2) is 23.6 Å². The van der Waals surface area contributed by atoms with E-state index in [1.807, 2.05) is 12.3 Å². The minimum absolute atomic E-state index is 0.211. The van der Waals surface area contributed by atoms with Crippen molar-refractivity contribution in [2.24, 2.45) is 0 Å². The number of hydrogen-bond donors (Lipinski definition) is 1. The number of thiophene rings is 1. The lowest BCUT2D eigenvalue weighted by molar-refractivity contribution is 0.504. The van der Waals surface area contributed by atoms with Crippen LogP contribution in [-0.4, -0.2) is 6.54 Å². The number of halogens is 3. The quantitative estimate of drug-likeness (QED) is 0.770. The van der Waals surface area contributed by atoms with Gasteiger partial charge in [0, 0.05) is 9.90 Å². The molecule has 20 heavy (non-hydrogen) atoms. The number of nitrogens with one attached hydrogen (secondary N) is 1. The molecular weight excluding hydrogens is 300 g/mol. The van der Waals surface area contributed by atoms with Crippen molar-refractivity contribution in [3.05, 3.63) is 56.2 Å². The third kappa shape index (κ3) is 3.03. The van der Waals surface area contributed by atoms with Gasteiger partial charge in [0.05, 0.1) is 6.04 Å². The largest absolute Gasteiger partial charge is 0.306 e. The minimum Gasteiger partial charge on any atom is -0.306 e. The minimum atomic E-state index is -0.920. The van der Waals surface area contributed by atoms with Crippen molar-refractivity contribution in [3.63, 3.8) is 0 Å². The predicted octanol–water partition coefficient (Wildman–Crippen LogP) is 4.94. The Hall–Kier alpha value is -0.970. The van der Waals surface area contributed by atoms with Crippen LogP contribution in [0.5, 0.6) is 0 Å². The van der Waals surface area contributed by atoms with Crippen LogP contribution in [0.1, 0.15) is 35.9 Å². The van der Waals surface area contributed by atoms with E-state index in [9.17, 15) is 8.78 Å². The average molecular weight is 316 g/mol. The molecule has 1 unspecified atom stereocenters. The van der Waals surface area contributed by atoms with E-state index in [1.165, 1.54) is 11.6 Å². The number of rotatable bonds is 5. The van der Waals surface area contributed by atoms with Gasteiger partial charge in [0.1, 0.15) is 0 Å². The summed E-state index contributed by atoms with van der Waals surface area (Å²) in [4.78, 5) is 1.10. The van der Waals surface area contributed by atoms with Crippen molar-refractivity contribution in [3.8, 4) is 0 Å². The zero-order chi connectivity index (χ0) is 14.7. The molecule has 1 nitrogen and oxygen atoms in total. The molecule has 2 aromatic rings. The first kappa shape index (κ1) is 15.4. The fraction of sp³-hybridized carbons (Fsp3) is 0.333. The van der Waals surface area contributed by atoms with Gasteiger partial charge in [0.25, 0.3) is 0 Å². The normalized spacial score (nSPS) is 12.7. The van der Waals surface area contributed by atoms with Crippen molar-refractivity contribution in [1.29, 1.82) is 0 Å². The molecule has 0 aliphatic carbocycles. The molecule has 0 bridgehead atoms. The van der Waals surface area contributed by atoms with E-state index in [-0.39, 0.29) is 11.1 Å². The first-order valence-corrected chi connectivity index (χ1v) is 7.78. The van der Waals surface area contributed by atoms with Gasteiger partial charge in [-0.3, -0.25) is 0 Å². The van der Waals surface area contributed by atoms with Gasteiger partial charge in [-0.1, -0.05) is 25.4 Å². The van der Waals surface area contributed by atoms with Crippen molar-refractivity contribution >= 4 is 22.9 Å². The van der Waals surface area contributed by atoms with Crippen LogP contribution in [0.3, 0.4) is 0 Å². The summed E-state index contributed by atoms with van der Waals surface area (Å²) in [5.41, 5.74) is 1.77. The van der Waals surface area contributed by atoms with E-state index in [4.69, 9.17) is 11.6 Å². The third-order valence-electron chi connectivity index (χ3n) is 3.18. The third-order valence-corrected chi connectivity index (χ3v) is 4.53. The van der Waals surface area contributed by atoms with Crippen molar-refractivity contribution in [2.45, 2.75) is 26.3 Å². The number of benzene rings is 1. The van der Waals surface area contributed by atoms with E-state index in [0.717, 1.165) is 17.4 Å². The molecular formula is C15H16ClF2NS. The Kier molecular flexibility index (Phi) is 5.13. The van der Waals surface area contributed by atoms with Crippen LogP contribution in [0, 0.1) is 11.6 Å². The Bertz CT molecular complexity index is 598. The molecule has 0 fully saturated rings. The molecule has 0 radical (unpaired) electrons. The van der Waals surface area contributed by atoms with Crippen molar-refractivity contribution < 1.29 is 8.78 Å². The van der Waals surface area contributed by atoms with Gasteiger partial charge >= 0.3 is 0 Å². The summed E-state index contributed by atoms with van der Waals surface area (Å²) in [5, 5.41) is 5.55. The first-order chi connectivity index (χ1) is 9.58. The molecule has 1 atom stereocenters. The molecule has 0 amide bonds. The summed E-state index contributed by atoms with van der Waals surface area (Å²) in [6, 6.07) is 4.07. The second kappa shape index (κ2) is 6.66. The molecule has 5 heteroatoms. The van der Waals surface area contributed by atoms with Gasteiger partial charge in [-0.05, 0) is 47.7 Å². The zero-order valence-corrected chi connectivity index (χ0v) is 12.9. The second-order valence-corrected chi connectivity index (χ2v) is 5.80. The van der Waals surface area contributed by atoms with Crippen molar-refractivity contribution in [1.82, 2.24) is 5.32 Å². The molecule has 108 valence electrons. The van der Waals surface area contributed by atoms with Crippen LogP contribution in [0.25, 0.3) is 0 Å². The lowest BCUT2D eigenvalue weighted by atomic mass is 10.0. The van der Waals surface area contributed by atoms with Crippen LogP contribution < -0.4 is 5.32 Å². The summed E-state index contributed by atoms with van der Waals surface area (Å²) in [6.07, 6.45) is 0.891. The molecule has 0 aliphatic rings. The summed E-state index contributed by atoms with van der Waals surface area (Å²) in [5.74, 6) is -1.79. The molecule has 1 aromatic carbocycles. The van der Waals surface area contributed by atoms with Gasteiger partial charge in [-0.25, -0.2) is 8.78 Å². The average Bonchev–Trinajstić information content (AvgIpc) is 2.88. The van der Waals surface area contributed by atoms with E-state index >= 15 is 0 Å².